The number of fused-ring (bicyclic) bond motifs is 6. The highest BCUT2D eigenvalue weighted by atomic mass is 32.1. The van der Waals surface area contributed by atoms with E-state index in [2.05, 4.69) is 34.1 Å². The molecule has 2 aliphatic heterocycles. The number of hydrogen-bond donors (Lipinski definition) is 0. The minimum Gasteiger partial charge on any atom is -0.353 e. The molecule has 2 bridgehead atoms. The van der Waals surface area contributed by atoms with E-state index in [9.17, 15) is 14.4 Å². The number of aromatic nitrogens is 1. The summed E-state index contributed by atoms with van der Waals surface area (Å²) < 4.78 is 5.99. The Kier molecular flexibility index (Phi) is 5.65. The molecule has 36 heavy (non-hydrogen) atoms. The number of rotatable bonds is 5. The highest BCUT2D eigenvalue weighted by Crippen LogP contribution is 2.54. The van der Waals surface area contributed by atoms with Gasteiger partial charge in [0.05, 0.1) is 16.5 Å². The molecule has 2 saturated heterocycles. The smallest absolute Gasteiger partial charge is 0.233 e. The normalized spacial score (nSPS) is 34.8. The lowest BCUT2D eigenvalue weighted by atomic mass is 9.78. The van der Waals surface area contributed by atoms with Crippen molar-refractivity contribution in [2.24, 2.45) is 35.5 Å². The van der Waals surface area contributed by atoms with Crippen molar-refractivity contribution in [1.29, 1.82) is 0 Å². The second-order valence-corrected chi connectivity index (χ2v) is 12.5. The predicted molar refractivity (Wildman–Crippen MR) is 139 cm³/mol. The molecule has 2 unspecified atom stereocenters. The highest BCUT2D eigenvalue weighted by Gasteiger charge is 2.64. The van der Waals surface area contributed by atoms with Crippen LogP contribution < -0.4 is 4.90 Å². The molecule has 2 amide bonds. The van der Waals surface area contributed by atoms with Crippen molar-refractivity contribution < 1.29 is 14.4 Å². The summed E-state index contributed by atoms with van der Waals surface area (Å²) in [6.07, 6.45) is 5.94. The number of piperazine rings is 1. The first-order chi connectivity index (χ1) is 17.6. The fourth-order valence-corrected chi connectivity index (χ4v) is 8.81. The van der Waals surface area contributed by atoms with Gasteiger partial charge >= 0.3 is 0 Å². The van der Waals surface area contributed by atoms with Gasteiger partial charge in [-0.1, -0.05) is 25.0 Å². The van der Waals surface area contributed by atoms with Crippen LogP contribution in [0.15, 0.2) is 24.3 Å². The summed E-state index contributed by atoms with van der Waals surface area (Å²) in [5.41, 5.74) is 0. The second kappa shape index (κ2) is 8.91. The molecule has 3 saturated carbocycles. The van der Waals surface area contributed by atoms with Gasteiger partial charge in [0.15, 0.2) is 0 Å². The summed E-state index contributed by atoms with van der Waals surface area (Å²) in [6, 6.07) is 8.47. The Bertz CT molecular complexity index is 1200. The number of amides is 2. The monoisotopic (exact) mass is 506 g/mol. The van der Waals surface area contributed by atoms with Gasteiger partial charge in [-0.2, -0.15) is 4.37 Å². The number of benzene rings is 1. The topological polar surface area (TPSA) is 73.8 Å². The van der Waals surface area contributed by atoms with E-state index in [-0.39, 0.29) is 41.3 Å². The van der Waals surface area contributed by atoms with Crippen LogP contribution in [0, 0.1) is 35.5 Å². The number of nitrogens with zero attached hydrogens (tertiary/aromatic N) is 4. The minimum atomic E-state index is -0.347. The maximum absolute atomic E-state index is 13.3. The maximum atomic E-state index is 13.3. The van der Waals surface area contributed by atoms with Crippen molar-refractivity contribution in [3.63, 3.8) is 0 Å². The van der Waals surface area contributed by atoms with E-state index in [0.717, 1.165) is 51.4 Å². The number of carbonyl (C=O) groups is 3. The van der Waals surface area contributed by atoms with E-state index in [1.165, 1.54) is 29.3 Å². The summed E-state index contributed by atoms with van der Waals surface area (Å²) in [7, 11) is 0. The van der Waals surface area contributed by atoms with Crippen LogP contribution in [0.2, 0.25) is 0 Å². The summed E-state index contributed by atoms with van der Waals surface area (Å²) in [6.45, 7) is 5.61. The van der Waals surface area contributed by atoms with E-state index >= 15 is 0 Å². The molecule has 8 heteroatoms. The van der Waals surface area contributed by atoms with Crippen molar-refractivity contribution in [2.75, 3.05) is 44.2 Å². The number of likely N-dealkylation sites (tertiary alicyclic amines) is 1. The molecule has 5 fully saturated rings. The first-order valence-corrected chi connectivity index (χ1v) is 14.6. The van der Waals surface area contributed by atoms with Crippen LogP contribution in [0.1, 0.15) is 38.5 Å². The molecular weight excluding hydrogens is 472 g/mol. The molecular formula is C28H34N4O3S. The van der Waals surface area contributed by atoms with Crippen LogP contribution in [0.25, 0.3) is 10.1 Å². The van der Waals surface area contributed by atoms with Gasteiger partial charge in [0.2, 0.25) is 11.8 Å². The Labute approximate surface area is 216 Å². The Morgan fingerprint density at radius 3 is 2.42 bits per heavy atom. The highest BCUT2D eigenvalue weighted by molar-refractivity contribution is 7.13. The summed E-state index contributed by atoms with van der Waals surface area (Å²) in [4.78, 5) is 45.4. The van der Waals surface area contributed by atoms with Crippen LogP contribution in [0.3, 0.4) is 0 Å². The Morgan fingerprint density at radius 2 is 1.61 bits per heavy atom. The predicted octanol–water partition coefficient (Wildman–Crippen LogP) is 3.43. The summed E-state index contributed by atoms with van der Waals surface area (Å²) >= 11 is 1.58. The standard InChI is InChI=1S/C28H34N4O3S/c33-22-14-19-13-21(22)25-24(19)27(34)32(28(25)35)16-18-6-2-1-5-17(18)15-30-9-11-31(12-10-30)26-20-7-3-4-8-23(20)36-29-26/h3-4,7-8,17-19,21,24-25H,1-2,5-6,9-16H2/t17-,18-,19?,21?,24-,25+/m0/s1. The fraction of sp³-hybridized carbons (Fsp3) is 0.643. The zero-order valence-corrected chi connectivity index (χ0v) is 21.5. The lowest BCUT2D eigenvalue weighted by molar-refractivity contribution is -0.142. The van der Waals surface area contributed by atoms with Crippen molar-refractivity contribution in [2.45, 2.75) is 38.5 Å². The molecule has 0 radical (unpaired) electrons. The summed E-state index contributed by atoms with van der Waals surface area (Å²) in [5, 5.41) is 1.25. The van der Waals surface area contributed by atoms with Gasteiger partial charge in [-0.25, -0.2) is 0 Å². The van der Waals surface area contributed by atoms with Gasteiger partial charge in [0.1, 0.15) is 11.6 Å². The first-order valence-electron chi connectivity index (χ1n) is 13.8. The Balaban J connectivity index is 0.990. The molecule has 1 aromatic heterocycles. The zero-order valence-electron chi connectivity index (χ0n) is 20.7. The van der Waals surface area contributed by atoms with Crippen LogP contribution in [0.4, 0.5) is 5.82 Å². The minimum absolute atomic E-state index is 0.0263. The maximum Gasteiger partial charge on any atom is 0.233 e. The Morgan fingerprint density at radius 1 is 0.889 bits per heavy atom. The molecule has 3 aliphatic carbocycles. The van der Waals surface area contributed by atoms with E-state index < -0.39 is 0 Å². The van der Waals surface area contributed by atoms with Crippen molar-refractivity contribution in [3.05, 3.63) is 24.3 Å². The molecule has 7 nitrogen and oxygen atoms in total. The van der Waals surface area contributed by atoms with Gasteiger partial charge in [-0.05, 0) is 60.7 Å². The third-order valence-electron chi connectivity index (χ3n) is 9.87. The Hall–Kier alpha value is -2.32. The number of ketones is 1. The summed E-state index contributed by atoms with van der Waals surface area (Å²) in [5.74, 6) is 1.58. The third-order valence-corrected chi connectivity index (χ3v) is 10.7. The molecule has 2 aromatic rings. The van der Waals surface area contributed by atoms with Gasteiger partial charge in [0, 0.05) is 57.0 Å². The lowest BCUT2D eigenvalue weighted by Gasteiger charge is -2.40. The van der Waals surface area contributed by atoms with Gasteiger partial charge in [0.25, 0.3) is 0 Å². The lowest BCUT2D eigenvalue weighted by Crippen LogP contribution is -2.49. The van der Waals surface area contributed by atoms with E-state index in [0.29, 0.717) is 24.8 Å². The molecule has 0 N–H and O–H groups in total. The average Bonchev–Trinajstić information content (AvgIpc) is 3.64. The van der Waals surface area contributed by atoms with Crippen LogP contribution >= 0.6 is 11.5 Å². The number of carbonyl (C=O) groups excluding carboxylic acids is 3. The number of imide groups is 1. The van der Waals surface area contributed by atoms with Gasteiger partial charge < -0.3 is 4.90 Å². The number of hydrogen-bond acceptors (Lipinski definition) is 7. The molecule has 1 aromatic carbocycles. The molecule has 0 spiro atoms. The molecule has 6 atom stereocenters. The zero-order chi connectivity index (χ0) is 24.4. The van der Waals surface area contributed by atoms with Crippen molar-refractivity contribution in [1.82, 2.24) is 14.2 Å². The number of Topliss-reactive ketones (excluding diaryl/α,β-unsaturated/α-hetero) is 1. The molecule has 190 valence electrons. The van der Waals surface area contributed by atoms with E-state index in [1.807, 2.05) is 0 Å². The van der Waals surface area contributed by atoms with Crippen LogP contribution in [-0.2, 0) is 14.4 Å². The number of anilines is 1. The fourth-order valence-electron chi connectivity index (χ4n) is 8.02. The largest absolute Gasteiger partial charge is 0.353 e. The third kappa shape index (κ3) is 3.63. The SMILES string of the molecule is O=C1CC2CC1[C@H]1C(=O)N(C[C@@H]3CCCC[C@H]3CN3CCN(c4nsc5ccccc45)CC3)C(=O)[C@@H]21. The van der Waals surface area contributed by atoms with Gasteiger partial charge in [-0.3, -0.25) is 24.2 Å². The van der Waals surface area contributed by atoms with Crippen molar-refractivity contribution >= 4 is 45.0 Å². The van der Waals surface area contributed by atoms with Crippen LogP contribution in [0.5, 0.6) is 0 Å². The molecule has 5 aliphatic rings. The average molecular weight is 507 g/mol. The molecule has 7 rings (SSSR count). The van der Waals surface area contributed by atoms with E-state index in [4.69, 9.17) is 4.37 Å². The van der Waals surface area contributed by atoms with Crippen LogP contribution in [-0.4, -0.2) is 71.0 Å². The van der Waals surface area contributed by atoms with Crippen molar-refractivity contribution in [3.8, 4) is 0 Å². The quantitative estimate of drug-likeness (QED) is 0.579. The second-order valence-electron chi connectivity index (χ2n) is 11.7. The molecule has 3 heterocycles. The van der Waals surface area contributed by atoms with Gasteiger partial charge in [-0.15, -0.1) is 0 Å². The van der Waals surface area contributed by atoms with E-state index in [1.54, 1.807) is 16.4 Å². The first kappa shape index (κ1) is 22.8.